The molecule has 0 unspecified atom stereocenters. The Bertz CT molecular complexity index is 1000. The van der Waals surface area contributed by atoms with E-state index in [0.29, 0.717) is 22.8 Å². The van der Waals surface area contributed by atoms with Crippen LogP contribution in [-0.2, 0) is 0 Å². The van der Waals surface area contributed by atoms with E-state index in [1.54, 1.807) is 18.2 Å². The van der Waals surface area contributed by atoms with Gasteiger partial charge in [0.15, 0.2) is 5.75 Å². The molecule has 26 heavy (non-hydrogen) atoms. The summed E-state index contributed by atoms with van der Waals surface area (Å²) in [6.07, 6.45) is 2.36. The Hall–Kier alpha value is -3.24. The maximum Gasteiger partial charge on any atom is 0.311 e. The summed E-state index contributed by atoms with van der Waals surface area (Å²) in [5.41, 5.74) is 1.62. The van der Waals surface area contributed by atoms with E-state index in [1.807, 2.05) is 31.2 Å². The van der Waals surface area contributed by atoms with Crippen LogP contribution in [-0.4, -0.2) is 16.5 Å². The number of nitro benzene ring substituents is 1. The predicted molar refractivity (Wildman–Crippen MR) is 102 cm³/mol. The first kappa shape index (κ1) is 17.6. The van der Waals surface area contributed by atoms with E-state index in [1.165, 1.54) is 17.4 Å². The minimum absolute atomic E-state index is 0.117. The standard InChI is InChI=1S/C19H15N3O3S/c1-2-9-25-17-8-7-13(11-16(17)22(23)24)10-14(12-20)19-21-15-5-3-4-6-18(15)26-19/h3-8,10-11H,2,9H2,1H3/b14-10-. The number of ether oxygens (including phenoxy) is 1. The van der Waals surface area contributed by atoms with Gasteiger partial charge in [0.1, 0.15) is 11.1 Å². The fourth-order valence-electron chi connectivity index (χ4n) is 2.40. The molecule has 2 aromatic carbocycles. The van der Waals surface area contributed by atoms with Gasteiger partial charge < -0.3 is 4.74 Å². The van der Waals surface area contributed by atoms with Crippen LogP contribution >= 0.6 is 11.3 Å². The maximum atomic E-state index is 11.3. The summed E-state index contributed by atoms with van der Waals surface area (Å²) in [5, 5.41) is 21.4. The number of benzene rings is 2. The number of nitro groups is 1. The highest BCUT2D eigenvalue weighted by molar-refractivity contribution is 7.19. The number of fused-ring (bicyclic) bond motifs is 1. The minimum Gasteiger partial charge on any atom is -0.487 e. The number of nitrogens with zero attached hydrogens (tertiary/aromatic N) is 3. The first-order chi connectivity index (χ1) is 12.6. The highest BCUT2D eigenvalue weighted by Gasteiger charge is 2.16. The Kier molecular flexibility index (Phi) is 5.25. The molecule has 0 radical (unpaired) electrons. The second-order valence-electron chi connectivity index (χ2n) is 5.49. The van der Waals surface area contributed by atoms with Crippen LogP contribution in [0.25, 0.3) is 21.9 Å². The van der Waals surface area contributed by atoms with Gasteiger partial charge in [-0.25, -0.2) is 4.98 Å². The van der Waals surface area contributed by atoms with Crippen molar-refractivity contribution < 1.29 is 9.66 Å². The molecule has 0 aliphatic rings. The van der Waals surface area contributed by atoms with Gasteiger partial charge in [-0.05, 0) is 36.3 Å². The molecule has 0 saturated carbocycles. The Labute approximate surface area is 154 Å². The summed E-state index contributed by atoms with van der Waals surface area (Å²) in [4.78, 5) is 15.3. The summed E-state index contributed by atoms with van der Waals surface area (Å²) >= 11 is 1.41. The predicted octanol–water partition coefficient (Wildman–Crippen LogP) is 5.06. The number of hydrogen-bond donors (Lipinski definition) is 0. The van der Waals surface area contributed by atoms with Crippen molar-refractivity contribution >= 4 is 38.9 Å². The van der Waals surface area contributed by atoms with E-state index in [9.17, 15) is 15.4 Å². The second-order valence-corrected chi connectivity index (χ2v) is 6.52. The van der Waals surface area contributed by atoms with Crippen LogP contribution in [0.2, 0.25) is 0 Å². The lowest BCUT2D eigenvalue weighted by Gasteiger charge is -2.06. The number of aromatic nitrogens is 1. The van der Waals surface area contributed by atoms with E-state index in [-0.39, 0.29) is 11.4 Å². The third kappa shape index (κ3) is 3.71. The summed E-state index contributed by atoms with van der Waals surface area (Å²) in [5.74, 6) is 0.229. The van der Waals surface area contributed by atoms with Crippen molar-refractivity contribution in [2.24, 2.45) is 0 Å². The van der Waals surface area contributed by atoms with Crippen molar-refractivity contribution in [3.8, 4) is 11.8 Å². The van der Waals surface area contributed by atoms with Crippen LogP contribution in [0.1, 0.15) is 23.9 Å². The molecular formula is C19H15N3O3S. The molecule has 0 bridgehead atoms. The Morgan fingerprint density at radius 1 is 1.38 bits per heavy atom. The second kappa shape index (κ2) is 7.76. The van der Waals surface area contributed by atoms with Gasteiger partial charge in [0.25, 0.3) is 0 Å². The SMILES string of the molecule is CCCOc1ccc(/C=C(/C#N)c2nc3ccccc3s2)cc1[N+](=O)[O-]. The summed E-state index contributed by atoms with van der Waals surface area (Å²) in [6, 6.07) is 14.4. The summed E-state index contributed by atoms with van der Waals surface area (Å²) < 4.78 is 6.40. The molecule has 0 N–H and O–H groups in total. The number of hydrogen-bond acceptors (Lipinski definition) is 6. The largest absolute Gasteiger partial charge is 0.487 e. The third-order valence-electron chi connectivity index (χ3n) is 3.60. The van der Waals surface area contributed by atoms with Gasteiger partial charge in [-0.1, -0.05) is 25.1 Å². The quantitative estimate of drug-likeness (QED) is 0.346. The van der Waals surface area contributed by atoms with Crippen LogP contribution in [0.4, 0.5) is 5.69 Å². The average molecular weight is 365 g/mol. The molecule has 0 amide bonds. The number of allylic oxidation sites excluding steroid dienone is 1. The van der Waals surface area contributed by atoms with E-state index in [0.717, 1.165) is 16.6 Å². The van der Waals surface area contributed by atoms with E-state index in [4.69, 9.17) is 4.74 Å². The minimum atomic E-state index is -0.480. The van der Waals surface area contributed by atoms with Crippen LogP contribution in [0, 0.1) is 21.4 Å². The van der Waals surface area contributed by atoms with Gasteiger partial charge in [0.05, 0.1) is 27.3 Å². The smallest absolute Gasteiger partial charge is 0.311 e. The van der Waals surface area contributed by atoms with Crippen molar-refractivity contribution in [1.82, 2.24) is 4.98 Å². The summed E-state index contributed by atoms with van der Waals surface area (Å²) in [6.45, 7) is 2.34. The number of rotatable bonds is 6. The van der Waals surface area contributed by atoms with Gasteiger partial charge in [-0.2, -0.15) is 5.26 Å². The Balaban J connectivity index is 2.00. The Morgan fingerprint density at radius 2 is 2.19 bits per heavy atom. The molecule has 0 saturated heterocycles. The molecule has 3 aromatic rings. The molecule has 0 spiro atoms. The van der Waals surface area contributed by atoms with Crippen molar-refractivity contribution in [3.63, 3.8) is 0 Å². The zero-order valence-corrected chi connectivity index (χ0v) is 14.8. The zero-order valence-electron chi connectivity index (χ0n) is 14.0. The lowest BCUT2D eigenvalue weighted by molar-refractivity contribution is -0.385. The lowest BCUT2D eigenvalue weighted by atomic mass is 10.1. The van der Waals surface area contributed by atoms with Gasteiger partial charge in [0, 0.05) is 6.07 Å². The lowest BCUT2D eigenvalue weighted by Crippen LogP contribution is -1.99. The molecule has 7 heteroatoms. The normalized spacial score (nSPS) is 11.3. The van der Waals surface area contributed by atoms with Gasteiger partial charge in [0.2, 0.25) is 0 Å². The molecule has 0 atom stereocenters. The molecule has 0 aliphatic heterocycles. The van der Waals surface area contributed by atoms with E-state index >= 15 is 0 Å². The molecule has 1 aromatic heterocycles. The molecule has 0 aliphatic carbocycles. The molecule has 3 rings (SSSR count). The number of thiazole rings is 1. The Morgan fingerprint density at radius 3 is 2.88 bits per heavy atom. The van der Waals surface area contributed by atoms with Crippen molar-refractivity contribution in [2.75, 3.05) is 6.61 Å². The van der Waals surface area contributed by atoms with Gasteiger partial charge >= 0.3 is 5.69 Å². The first-order valence-corrected chi connectivity index (χ1v) is 8.83. The van der Waals surface area contributed by atoms with Crippen molar-refractivity contribution in [1.29, 1.82) is 5.26 Å². The van der Waals surface area contributed by atoms with Crippen LogP contribution < -0.4 is 4.74 Å². The van der Waals surface area contributed by atoms with E-state index < -0.39 is 4.92 Å². The van der Waals surface area contributed by atoms with Crippen molar-refractivity contribution in [2.45, 2.75) is 13.3 Å². The van der Waals surface area contributed by atoms with Crippen LogP contribution in [0.5, 0.6) is 5.75 Å². The van der Waals surface area contributed by atoms with Crippen LogP contribution in [0.3, 0.4) is 0 Å². The average Bonchev–Trinajstić information content (AvgIpc) is 3.08. The van der Waals surface area contributed by atoms with Crippen LogP contribution in [0.15, 0.2) is 42.5 Å². The molecule has 130 valence electrons. The monoisotopic (exact) mass is 365 g/mol. The molecule has 6 nitrogen and oxygen atoms in total. The number of nitriles is 1. The molecular weight excluding hydrogens is 350 g/mol. The highest BCUT2D eigenvalue weighted by Crippen LogP contribution is 2.31. The van der Waals surface area contributed by atoms with E-state index in [2.05, 4.69) is 11.1 Å². The fourth-order valence-corrected chi connectivity index (χ4v) is 3.33. The first-order valence-electron chi connectivity index (χ1n) is 8.01. The molecule has 1 heterocycles. The van der Waals surface area contributed by atoms with Crippen molar-refractivity contribution in [3.05, 3.63) is 63.1 Å². The number of para-hydroxylation sites is 1. The highest BCUT2D eigenvalue weighted by atomic mass is 32.1. The van der Waals surface area contributed by atoms with Gasteiger partial charge in [-0.3, -0.25) is 10.1 Å². The maximum absolute atomic E-state index is 11.3. The third-order valence-corrected chi connectivity index (χ3v) is 4.67. The topological polar surface area (TPSA) is 89.0 Å². The molecule has 0 fully saturated rings. The zero-order chi connectivity index (χ0) is 18.5. The fraction of sp³-hybridized carbons (Fsp3) is 0.158. The summed E-state index contributed by atoms with van der Waals surface area (Å²) in [7, 11) is 0. The van der Waals surface area contributed by atoms with Gasteiger partial charge in [-0.15, -0.1) is 11.3 Å².